The highest BCUT2D eigenvalue weighted by atomic mass is 16.5. The highest BCUT2D eigenvalue weighted by molar-refractivity contribution is 6.46. The quantitative estimate of drug-likeness (QED) is 0.382. The largest absolute Gasteiger partial charge is 0.507 e. The van der Waals surface area contributed by atoms with Crippen molar-refractivity contribution in [1.29, 1.82) is 0 Å². The summed E-state index contributed by atoms with van der Waals surface area (Å²) in [6, 6.07) is 13.4. The van der Waals surface area contributed by atoms with E-state index in [0.717, 1.165) is 4.90 Å². The number of likely N-dealkylation sites (tertiary alicyclic amines) is 1. The number of nitrogens with one attached hydrogen (secondary N) is 1. The summed E-state index contributed by atoms with van der Waals surface area (Å²) >= 11 is 0. The van der Waals surface area contributed by atoms with Crippen LogP contribution in [-0.2, 0) is 9.59 Å². The fourth-order valence-electron chi connectivity index (χ4n) is 3.64. The fraction of sp³-hybridized carbons (Fsp3) is 0.333. The number of aliphatic hydroxyl groups excluding tert-OH is 1. The minimum Gasteiger partial charge on any atom is -0.507 e. The number of aliphatic hydroxyl groups is 1. The summed E-state index contributed by atoms with van der Waals surface area (Å²) in [6.45, 7) is 3.46. The third-order valence-electron chi connectivity index (χ3n) is 5.24. The van der Waals surface area contributed by atoms with Gasteiger partial charge in [-0.05, 0) is 48.9 Å². The van der Waals surface area contributed by atoms with E-state index in [-0.39, 0.29) is 11.3 Å². The number of hydrogen-bond donors (Lipinski definition) is 2. The molecule has 0 aromatic heterocycles. The maximum atomic E-state index is 13.0. The number of quaternary nitrogens is 1. The van der Waals surface area contributed by atoms with Gasteiger partial charge in [-0.1, -0.05) is 12.1 Å². The van der Waals surface area contributed by atoms with E-state index in [4.69, 9.17) is 9.47 Å². The molecule has 0 unspecified atom stereocenters. The smallest absolute Gasteiger partial charge is 0.295 e. The third-order valence-corrected chi connectivity index (χ3v) is 5.24. The summed E-state index contributed by atoms with van der Waals surface area (Å²) < 4.78 is 10.8. The van der Waals surface area contributed by atoms with Crippen LogP contribution in [0.1, 0.15) is 24.1 Å². The summed E-state index contributed by atoms with van der Waals surface area (Å²) in [7, 11) is 5.53. The lowest BCUT2D eigenvalue weighted by Gasteiger charge is -2.26. The van der Waals surface area contributed by atoms with Crippen molar-refractivity contribution in [2.75, 3.05) is 40.9 Å². The Morgan fingerprint density at radius 1 is 1.10 bits per heavy atom. The lowest BCUT2D eigenvalue weighted by molar-refractivity contribution is -0.857. The van der Waals surface area contributed by atoms with Gasteiger partial charge in [-0.3, -0.25) is 9.59 Å². The van der Waals surface area contributed by atoms with Crippen LogP contribution in [0.3, 0.4) is 0 Å². The second-order valence-corrected chi connectivity index (χ2v) is 7.68. The average Bonchev–Trinajstić information content (AvgIpc) is 3.02. The maximum Gasteiger partial charge on any atom is 0.295 e. The van der Waals surface area contributed by atoms with Gasteiger partial charge in [0.1, 0.15) is 17.3 Å². The number of rotatable bonds is 8. The molecule has 1 atom stereocenters. The molecule has 0 saturated carbocycles. The van der Waals surface area contributed by atoms with Crippen molar-refractivity contribution in [3.8, 4) is 11.5 Å². The molecular formula is C24H29N2O5+. The Bertz CT molecular complexity index is 982. The standard InChI is InChI=1S/C24H28N2O5/c1-5-31-18-11-9-16(10-12-18)22(27)20-21(17-7-6-8-19(15-17)30-4)26(14-13-25(2)3)24(29)23(20)28/h6-12,15,21,27H,5,13-14H2,1-4H3/p+1/t21-/m0/s1. The van der Waals surface area contributed by atoms with E-state index < -0.39 is 17.7 Å². The van der Waals surface area contributed by atoms with E-state index in [9.17, 15) is 14.7 Å². The molecule has 1 heterocycles. The number of carbonyl (C=O) groups is 2. The molecule has 7 nitrogen and oxygen atoms in total. The number of likely N-dealkylation sites (N-methyl/N-ethyl adjacent to an activating group) is 1. The molecule has 3 rings (SSSR count). The molecule has 0 aliphatic carbocycles. The number of Topliss-reactive ketones (excluding diaryl/α,β-unsaturated/α-hetero) is 1. The van der Waals surface area contributed by atoms with Gasteiger partial charge in [-0.25, -0.2) is 0 Å². The molecule has 2 N–H and O–H groups in total. The lowest BCUT2D eigenvalue weighted by atomic mass is 9.95. The molecule has 31 heavy (non-hydrogen) atoms. The van der Waals surface area contributed by atoms with Gasteiger partial charge in [0.05, 0.1) is 52.5 Å². The first-order chi connectivity index (χ1) is 14.9. The highest BCUT2D eigenvalue weighted by Crippen LogP contribution is 2.40. The Labute approximate surface area is 182 Å². The van der Waals surface area contributed by atoms with Crippen LogP contribution < -0.4 is 14.4 Å². The Balaban J connectivity index is 2.11. The van der Waals surface area contributed by atoms with Crippen molar-refractivity contribution < 1.29 is 29.1 Å². The first-order valence-corrected chi connectivity index (χ1v) is 10.3. The predicted octanol–water partition coefficient (Wildman–Crippen LogP) is 1.66. The van der Waals surface area contributed by atoms with Crippen molar-refractivity contribution in [3.05, 3.63) is 65.2 Å². The number of ketones is 1. The van der Waals surface area contributed by atoms with Gasteiger partial charge >= 0.3 is 0 Å². The van der Waals surface area contributed by atoms with E-state index >= 15 is 0 Å². The second-order valence-electron chi connectivity index (χ2n) is 7.68. The Hall–Kier alpha value is -3.32. The molecule has 1 fully saturated rings. The van der Waals surface area contributed by atoms with Crippen LogP contribution in [0, 0.1) is 0 Å². The monoisotopic (exact) mass is 425 g/mol. The van der Waals surface area contributed by atoms with Crippen LogP contribution in [0.4, 0.5) is 0 Å². The predicted molar refractivity (Wildman–Crippen MR) is 117 cm³/mol. The maximum absolute atomic E-state index is 13.0. The van der Waals surface area contributed by atoms with Crippen LogP contribution in [0.2, 0.25) is 0 Å². The van der Waals surface area contributed by atoms with Crippen LogP contribution >= 0.6 is 0 Å². The molecular weight excluding hydrogens is 396 g/mol. The van der Waals surface area contributed by atoms with Crippen molar-refractivity contribution in [2.24, 2.45) is 0 Å². The molecule has 0 radical (unpaired) electrons. The van der Waals surface area contributed by atoms with Crippen molar-refractivity contribution >= 4 is 17.4 Å². The number of nitrogens with zero attached hydrogens (tertiary/aromatic N) is 1. The topological polar surface area (TPSA) is 80.5 Å². The first-order valence-electron chi connectivity index (χ1n) is 10.3. The zero-order valence-corrected chi connectivity index (χ0v) is 18.3. The number of hydrogen-bond acceptors (Lipinski definition) is 5. The van der Waals surface area contributed by atoms with Gasteiger partial charge in [0, 0.05) is 5.56 Å². The summed E-state index contributed by atoms with van der Waals surface area (Å²) in [6.07, 6.45) is 0. The SMILES string of the molecule is CCOc1ccc(C(O)=C2C(=O)C(=O)N(CC[NH+](C)C)[C@H]2c2cccc(OC)c2)cc1. The van der Waals surface area contributed by atoms with E-state index in [1.54, 1.807) is 43.5 Å². The number of carbonyl (C=O) groups excluding carboxylic acids is 2. The summed E-state index contributed by atoms with van der Waals surface area (Å²) in [5.41, 5.74) is 1.24. The summed E-state index contributed by atoms with van der Waals surface area (Å²) in [4.78, 5) is 28.6. The molecule has 0 spiro atoms. The number of ether oxygens (including phenoxy) is 2. The molecule has 7 heteroatoms. The normalized spacial score (nSPS) is 18.0. The van der Waals surface area contributed by atoms with E-state index in [0.29, 0.717) is 42.3 Å². The molecule has 0 bridgehead atoms. The zero-order valence-electron chi connectivity index (χ0n) is 18.3. The average molecular weight is 426 g/mol. The van der Waals surface area contributed by atoms with Crippen LogP contribution in [0.5, 0.6) is 11.5 Å². The minimum atomic E-state index is -0.694. The third kappa shape index (κ3) is 4.72. The molecule has 1 aliphatic heterocycles. The molecule has 1 aliphatic rings. The lowest BCUT2D eigenvalue weighted by Crippen LogP contribution is -3.06. The Kier molecular flexibility index (Phi) is 6.97. The van der Waals surface area contributed by atoms with Gasteiger partial charge in [0.2, 0.25) is 0 Å². The van der Waals surface area contributed by atoms with Gasteiger partial charge < -0.3 is 24.4 Å². The fourth-order valence-corrected chi connectivity index (χ4v) is 3.64. The van der Waals surface area contributed by atoms with Crippen LogP contribution in [0.25, 0.3) is 5.76 Å². The molecule has 1 saturated heterocycles. The van der Waals surface area contributed by atoms with Gasteiger partial charge in [-0.2, -0.15) is 0 Å². The molecule has 2 aromatic carbocycles. The van der Waals surface area contributed by atoms with Crippen molar-refractivity contribution in [2.45, 2.75) is 13.0 Å². The van der Waals surface area contributed by atoms with E-state index in [2.05, 4.69) is 0 Å². The van der Waals surface area contributed by atoms with Gasteiger partial charge in [-0.15, -0.1) is 0 Å². The van der Waals surface area contributed by atoms with Gasteiger partial charge in [0.25, 0.3) is 11.7 Å². The zero-order chi connectivity index (χ0) is 22.5. The van der Waals surface area contributed by atoms with Crippen LogP contribution in [0.15, 0.2) is 54.1 Å². The Morgan fingerprint density at radius 3 is 2.42 bits per heavy atom. The molecule has 2 aromatic rings. The highest BCUT2D eigenvalue weighted by Gasteiger charge is 2.46. The number of amides is 1. The molecule has 1 amide bonds. The summed E-state index contributed by atoms with van der Waals surface area (Å²) in [5, 5.41) is 11.1. The van der Waals surface area contributed by atoms with Crippen molar-refractivity contribution in [1.82, 2.24) is 4.90 Å². The Morgan fingerprint density at radius 2 is 1.81 bits per heavy atom. The van der Waals surface area contributed by atoms with Crippen molar-refractivity contribution in [3.63, 3.8) is 0 Å². The molecule has 164 valence electrons. The first kappa shape index (κ1) is 22.4. The minimum absolute atomic E-state index is 0.0798. The van der Waals surface area contributed by atoms with E-state index in [1.165, 1.54) is 4.90 Å². The number of benzene rings is 2. The van der Waals surface area contributed by atoms with E-state index in [1.807, 2.05) is 33.2 Å². The summed E-state index contributed by atoms with van der Waals surface area (Å²) in [5.74, 6) is -0.219. The van der Waals surface area contributed by atoms with Crippen LogP contribution in [-0.4, -0.2) is 62.6 Å². The second kappa shape index (κ2) is 9.66. The van der Waals surface area contributed by atoms with Gasteiger partial charge in [0.15, 0.2) is 0 Å². The number of methoxy groups -OCH3 is 1.